The Labute approximate surface area is 116 Å². The molecule has 0 atom stereocenters. The summed E-state index contributed by atoms with van der Waals surface area (Å²) in [5, 5.41) is 3.32. The van der Waals surface area contributed by atoms with Gasteiger partial charge >= 0.3 is 0 Å². The van der Waals surface area contributed by atoms with Crippen molar-refractivity contribution in [3.8, 4) is 0 Å². The molecule has 4 heteroatoms. The highest BCUT2D eigenvalue weighted by Gasteiger charge is 2.27. The molecule has 0 radical (unpaired) electrons. The van der Waals surface area contributed by atoms with Crippen molar-refractivity contribution in [1.82, 2.24) is 10.2 Å². The molecular formula is C15H28N2O2. The Morgan fingerprint density at radius 1 is 1.26 bits per heavy atom. The van der Waals surface area contributed by atoms with Crippen molar-refractivity contribution in [2.75, 3.05) is 32.8 Å². The van der Waals surface area contributed by atoms with Crippen molar-refractivity contribution in [3.63, 3.8) is 0 Å². The summed E-state index contributed by atoms with van der Waals surface area (Å²) in [4.78, 5) is 14.1. The minimum absolute atomic E-state index is 0.268. The van der Waals surface area contributed by atoms with E-state index in [1.807, 2.05) is 4.90 Å². The van der Waals surface area contributed by atoms with E-state index in [1.165, 1.54) is 0 Å². The Kier molecular flexibility index (Phi) is 5.22. The van der Waals surface area contributed by atoms with Crippen LogP contribution in [0.1, 0.15) is 46.0 Å². The molecule has 19 heavy (non-hydrogen) atoms. The average molecular weight is 268 g/mol. The topological polar surface area (TPSA) is 41.6 Å². The van der Waals surface area contributed by atoms with E-state index >= 15 is 0 Å². The van der Waals surface area contributed by atoms with Gasteiger partial charge in [0.1, 0.15) is 0 Å². The standard InChI is InChI=1S/C15H28N2O2/c1-15(2)6-10-17(11-7-15)14(18)5-12-19-13-3-8-16-9-4-13/h13,16H,3-12H2,1-2H3. The maximum absolute atomic E-state index is 12.1. The first kappa shape index (κ1) is 14.8. The van der Waals surface area contributed by atoms with E-state index in [1.54, 1.807) is 0 Å². The zero-order chi connectivity index (χ0) is 13.7. The van der Waals surface area contributed by atoms with Gasteiger partial charge in [0.15, 0.2) is 0 Å². The molecule has 2 heterocycles. The molecule has 0 aliphatic carbocycles. The molecule has 0 aromatic carbocycles. The van der Waals surface area contributed by atoms with Crippen molar-refractivity contribution < 1.29 is 9.53 Å². The number of amides is 1. The third-order valence-corrected chi connectivity index (χ3v) is 4.43. The molecule has 0 aromatic rings. The summed E-state index contributed by atoms with van der Waals surface area (Å²) in [6.45, 7) is 9.07. The molecule has 1 N–H and O–H groups in total. The van der Waals surface area contributed by atoms with Gasteiger partial charge in [-0.25, -0.2) is 0 Å². The summed E-state index contributed by atoms with van der Waals surface area (Å²) in [7, 11) is 0. The first-order valence-electron chi connectivity index (χ1n) is 7.67. The summed E-state index contributed by atoms with van der Waals surface area (Å²) in [6.07, 6.45) is 5.29. The fourth-order valence-corrected chi connectivity index (χ4v) is 2.79. The quantitative estimate of drug-likeness (QED) is 0.845. The molecule has 2 fully saturated rings. The molecule has 2 aliphatic heterocycles. The Balaban J connectivity index is 1.62. The number of nitrogens with one attached hydrogen (secondary N) is 1. The van der Waals surface area contributed by atoms with Gasteiger partial charge in [0.25, 0.3) is 0 Å². The lowest BCUT2D eigenvalue weighted by Gasteiger charge is -2.37. The van der Waals surface area contributed by atoms with E-state index in [9.17, 15) is 4.79 Å². The normalized spacial score (nSPS) is 24.4. The van der Waals surface area contributed by atoms with Crippen molar-refractivity contribution in [2.45, 2.75) is 52.1 Å². The number of hydrogen-bond acceptors (Lipinski definition) is 3. The lowest BCUT2D eigenvalue weighted by atomic mass is 9.82. The fourth-order valence-electron chi connectivity index (χ4n) is 2.79. The molecule has 2 saturated heterocycles. The maximum Gasteiger partial charge on any atom is 0.224 e. The maximum atomic E-state index is 12.1. The Morgan fingerprint density at radius 3 is 2.53 bits per heavy atom. The second-order valence-electron chi connectivity index (χ2n) is 6.62. The molecule has 1 amide bonds. The van der Waals surface area contributed by atoms with Gasteiger partial charge in [-0.15, -0.1) is 0 Å². The van der Waals surface area contributed by atoms with Crippen LogP contribution in [0.5, 0.6) is 0 Å². The second kappa shape index (κ2) is 6.71. The van der Waals surface area contributed by atoms with E-state index in [-0.39, 0.29) is 5.91 Å². The van der Waals surface area contributed by atoms with Gasteiger partial charge < -0.3 is 15.0 Å². The second-order valence-corrected chi connectivity index (χ2v) is 6.62. The third kappa shape index (κ3) is 4.77. The van der Waals surface area contributed by atoms with Crippen LogP contribution in [-0.4, -0.2) is 49.7 Å². The summed E-state index contributed by atoms with van der Waals surface area (Å²) in [5.41, 5.74) is 0.405. The average Bonchev–Trinajstić information content (AvgIpc) is 2.39. The van der Waals surface area contributed by atoms with Crippen LogP contribution in [0.2, 0.25) is 0 Å². The van der Waals surface area contributed by atoms with Gasteiger partial charge in [-0.05, 0) is 44.2 Å². The largest absolute Gasteiger partial charge is 0.378 e. The first-order chi connectivity index (χ1) is 9.07. The van der Waals surface area contributed by atoms with Crippen molar-refractivity contribution in [1.29, 1.82) is 0 Å². The predicted molar refractivity (Wildman–Crippen MR) is 76.1 cm³/mol. The van der Waals surface area contributed by atoms with Crippen LogP contribution in [-0.2, 0) is 9.53 Å². The highest BCUT2D eigenvalue weighted by Crippen LogP contribution is 2.29. The van der Waals surface area contributed by atoms with E-state index in [0.29, 0.717) is 24.5 Å². The van der Waals surface area contributed by atoms with E-state index in [2.05, 4.69) is 19.2 Å². The smallest absolute Gasteiger partial charge is 0.224 e. The van der Waals surface area contributed by atoms with Gasteiger partial charge in [0, 0.05) is 13.1 Å². The van der Waals surface area contributed by atoms with Crippen LogP contribution in [0.25, 0.3) is 0 Å². The number of carbonyl (C=O) groups excluding carboxylic acids is 1. The van der Waals surface area contributed by atoms with Crippen LogP contribution in [0, 0.1) is 5.41 Å². The molecule has 0 unspecified atom stereocenters. The fraction of sp³-hybridized carbons (Fsp3) is 0.933. The zero-order valence-corrected chi connectivity index (χ0v) is 12.4. The van der Waals surface area contributed by atoms with E-state index in [0.717, 1.165) is 51.9 Å². The molecule has 4 nitrogen and oxygen atoms in total. The summed E-state index contributed by atoms with van der Waals surface area (Å²) < 4.78 is 5.80. The lowest BCUT2D eigenvalue weighted by Crippen LogP contribution is -2.41. The molecular weight excluding hydrogens is 240 g/mol. The van der Waals surface area contributed by atoms with Gasteiger partial charge in [-0.2, -0.15) is 0 Å². The molecule has 0 spiro atoms. The van der Waals surface area contributed by atoms with E-state index < -0.39 is 0 Å². The number of likely N-dealkylation sites (tertiary alicyclic amines) is 1. The Hall–Kier alpha value is -0.610. The van der Waals surface area contributed by atoms with Crippen LogP contribution < -0.4 is 5.32 Å². The predicted octanol–water partition coefficient (Wildman–Crippen LogP) is 1.79. The Bertz CT molecular complexity index is 289. The van der Waals surface area contributed by atoms with Crippen LogP contribution >= 0.6 is 0 Å². The summed E-state index contributed by atoms with van der Waals surface area (Å²) in [6, 6.07) is 0. The number of nitrogens with zero attached hydrogens (tertiary/aromatic N) is 1. The minimum atomic E-state index is 0.268. The van der Waals surface area contributed by atoms with Crippen molar-refractivity contribution in [2.24, 2.45) is 5.41 Å². The number of piperidine rings is 2. The number of ether oxygens (including phenoxy) is 1. The van der Waals surface area contributed by atoms with Crippen LogP contribution in [0.4, 0.5) is 0 Å². The highest BCUT2D eigenvalue weighted by molar-refractivity contribution is 5.76. The first-order valence-corrected chi connectivity index (χ1v) is 7.67. The summed E-state index contributed by atoms with van der Waals surface area (Å²) in [5.74, 6) is 0.268. The third-order valence-electron chi connectivity index (χ3n) is 4.43. The minimum Gasteiger partial charge on any atom is -0.378 e. The van der Waals surface area contributed by atoms with Gasteiger partial charge in [0.2, 0.25) is 5.91 Å². The number of hydrogen-bond donors (Lipinski definition) is 1. The van der Waals surface area contributed by atoms with Crippen LogP contribution in [0.15, 0.2) is 0 Å². The molecule has 0 saturated carbocycles. The lowest BCUT2D eigenvalue weighted by molar-refractivity contribution is -0.134. The monoisotopic (exact) mass is 268 g/mol. The number of rotatable bonds is 4. The van der Waals surface area contributed by atoms with Gasteiger partial charge in [-0.1, -0.05) is 13.8 Å². The van der Waals surface area contributed by atoms with Gasteiger partial charge in [0.05, 0.1) is 19.1 Å². The van der Waals surface area contributed by atoms with Gasteiger partial charge in [-0.3, -0.25) is 4.79 Å². The molecule has 2 aliphatic rings. The van der Waals surface area contributed by atoms with Crippen molar-refractivity contribution in [3.05, 3.63) is 0 Å². The molecule has 2 rings (SSSR count). The van der Waals surface area contributed by atoms with Crippen LogP contribution in [0.3, 0.4) is 0 Å². The summed E-state index contributed by atoms with van der Waals surface area (Å²) >= 11 is 0. The molecule has 0 bridgehead atoms. The zero-order valence-electron chi connectivity index (χ0n) is 12.4. The Morgan fingerprint density at radius 2 is 1.89 bits per heavy atom. The molecule has 0 aromatic heterocycles. The van der Waals surface area contributed by atoms with E-state index in [4.69, 9.17) is 4.74 Å². The number of carbonyl (C=O) groups is 1. The van der Waals surface area contributed by atoms with Crippen molar-refractivity contribution >= 4 is 5.91 Å². The SMILES string of the molecule is CC1(C)CCN(C(=O)CCOC2CCNCC2)CC1. The highest BCUT2D eigenvalue weighted by atomic mass is 16.5. The molecule has 110 valence electrons.